The SMILES string of the molecule is CC(C(=O)Nc1ccccc1N)N(CCO)CCO. The number of para-hydroxylation sites is 2. The molecule has 0 fully saturated rings. The fourth-order valence-electron chi connectivity index (χ4n) is 1.77. The summed E-state index contributed by atoms with van der Waals surface area (Å²) >= 11 is 0. The molecule has 0 saturated carbocycles. The van der Waals surface area contributed by atoms with Gasteiger partial charge in [0.05, 0.1) is 30.6 Å². The number of nitrogens with two attached hydrogens (primary N) is 1. The Labute approximate surface area is 112 Å². The molecule has 1 aromatic rings. The highest BCUT2D eigenvalue weighted by Gasteiger charge is 2.20. The van der Waals surface area contributed by atoms with E-state index in [0.717, 1.165) is 0 Å². The van der Waals surface area contributed by atoms with Crippen LogP contribution in [0, 0.1) is 0 Å². The molecule has 0 saturated heterocycles. The lowest BCUT2D eigenvalue weighted by Gasteiger charge is -2.26. The molecule has 0 aromatic heterocycles. The van der Waals surface area contributed by atoms with Crippen LogP contribution in [-0.2, 0) is 4.79 Å². The van der Waals surface area contributed by atoms with Crippen LogP contribution in [0.1, 0.15) is 6.92 Å². The van der Waals surface area contributed by atoms with E-state index in [0.29, 0.717) is 24.5 Å². The molecule has 1 unspecified atom stereocenters. The Kier molecular flexibility index (Phi) is 6.27. The highest BCUT2D eigenvalue weighted by atomic mass is 16.3. The maximum atomic E-state index is 12.1. The molecular formula is C13H21N3O3. The van der Waals surface area contributed by atoms with Crippen molar-refractivity contribution in [1.29, 1.82) is 0 Å². The number of rotatable bonds is 7. The van der Waals surface area contributed by atoms with E-state index < -0.39 is 6.04 Å². The first-order valence-corrected chi connectivity index (χ1v) is 6.21. The molecule has 106 valence electrons. The highest BCUT2D eigenvalue weighted by molar-refractivity contribution is 5.97. The fraction of sp³-hybridized carbons (Fsp3) is 0.462. The quantitative estimate of drug-likeness (QED) is 0.516. The summed E-state index contributed by atoms with van der Waals surface area (Å²) in [6.07, 6.45) is 0. The summed E-state index contributed by atoms with van der Waals surface area (Å²) in [4.78, 5) is 13.8. The van der Waals surface area contributed by atoms with Gasteiger partial charge in [-0.05, 0) is 19.1 Å². The molecule has 0 aliphatic carbocycles. The molecule has 6 heteroatoms. The number of hydrogen-bond acceptors (Lipinski definition) is 5. The highest BCUT2D eigenvalue weighted by Crippen LogP contribution is 2.17. The van der Waals surface area contributed by atoms with Crippen molar-refractivity contribution in [2.24, 2.45) is 0 Å². The zero-order valence-electron chi connectivity index (χ0n) is 11.0. The molecular weight excluding hydrogens is 246 g/mol. The molecule has 1 aromatic carbocycles. The third-order valence-electron chi connectivity index (χ3n) is 2.92. The first kappa shape index (κ1) is 15.4. The predicted molar refractivity (Wildman–Crippen MR) is 74.7 cm³/mol. The van der Waals surface area contributed by atoms with Crippen LogP contribution in [0.2, 0.25) is 0 Å². The number of nitrogen functional groups attached to an aromatic ring is 1. The summed E-state index contributed by atoms with van der Waals surface area (Å²) in [6.45, 7) is 2.26. The molecule has 19 heavy (non-hydrogen) atoms. The molecule has 1 rings (SSSR count). The van der Waals surface area contributed by atoms with E-state index in [-0.39, 0.29) is 19.1 Å². The van der Waals surface area contributed by atoms with Crippen molar-refractivity contribution >= 4 is 17.3 Å². The van der Waals surface area contributed by atoms with E-state index in [2.05, 4.69) is 5.32 Å². The van der Waals surface area contributed by atoms with Gasteiger partial charge in [0.25, 0.3) is 0 Å². The van der Waals surface area contributed by atoms with E-state index in [1.54, 1.807) is 36.1 Å². The van der Waals surface area contributed by atoms with Gasteiger partial charge < -0.3 is 21.3 Å². The van der Waals surface area contributed by atoms with Gasteiger partial charge in [-0.3, -0.25) is 9.69 Å². The summed E-state index contributed by atoms with van der Waals surface area (Å²) in [5.74, 6) is -0.222. The standard InChI is InChI=1S/C13H21N3O3/c1-10(16(6-8-17)7-9-18)13(19)15-12-5-3-2-4-11(12)14/h2-5,10,17-18H,6-9,14H2,1H3,(H,15,19). The smallest absolute Gasteiger partial charge is 0.241 e. The number of amides is 1. The number of hydrogen-bond donors (Lipinski definition) is 4. The van der Waals surface area contributed by atoms with E-state index >= 15 is 0 Å². The molecule has 0 bridgehead atoms. The van der Waals surface area contributed by atoms with Gasteiger partial charge in [-0.15, -0.1) is 0 Å². The average Bonchev–Trinajstić information content (AvgIpc) is 2.40. The lowest BCUT2D eigenvalue weighted by molar-refractivity contribution is -0.121. The number of nitrogens with zero attached hydrogens (tertiary/aromatic N) is 1. The van der Waals surface area contributed by atoms with Gasteiger partial charge in [0.1, 0.15) is 0 Å². The van der Waals surface area contributed by atoms with Gasteiger partial charge >= 0.3 is 0 Å². The van der Waals surface area contributed by atoms with Crippen molar-refractivity contribution in [3.63, 3.8) is 0 Å². The van der Waals surface area contributed by atoms with Gasteiger partial charge in [-0.1, -0.05) is 12.1 Å². The first-order valence-electron chi connectivity index (χ1n) is 6.21. The van der Waals surface area contributed by atoms with Crippen molar-refractivity contribution in [3.05, 3.63) is 24.3 Å². The zero-order valence-corrected chi connectivity index (χ0v) is 11.0. The molecule has 1 amide bonds. The normalized spacial score (nSPS) is 12.4. The zero-order chi connectivity index (χ0) is 14.3. The van der Waals surface area contributed by atoms with Crippen LogP contribution < -0.4 is 11.1 Å². The monoisotopic (exact) mass is 267 g/mol. The summed E-state index contributed by atoms with van der Waals surface area (Å²) in [5, 5.41) is 20.6. The van der Waals surface area contributed by atoms with Gasteiger partial charge in [-0.25, -0.2) is 0 Å². The summed E-state index contributed by atoms with van der Waals surface area (Å²) < 4.78 is 0. The number of aliphatic hydroxyl groups is 2. The third-order valence-corrected chi connectivity index (χ3v) is 2.92. The number of anilines is 2. The molecule has 0 radical (unpaired) electrons. The lowest BCUT2D eigenvalue weighted by atomic mass is 10.2. The van der Waals surface area contributed by atoms with E-state index in [4.69, 9.17) is 15.9 Å². The Morgan fingerprint density at radius 1 is 1.32 bits per heavy atom. The summed E-state index contributed by atoms with van der Waals surface area (Å²) in [6, 6.07) is 6.55. The molecule has 5 N–H and O–H groups in total. The predicted octanol–water partition coefficient (Wildman–Crippen LogP) is -0.118. The molecule has 0 aliphatic heterocycles. The minimum absolute atomic E-state index is 0.0644. The van der Waals surface area contributed by atoms with Crippen LogP contribution >= 0.6 is 0 Å². The van der Waals surface area contributed by atoms with Crippen LogP contribution in [0.3, 0.4) is 0 Å². The minimum Gasteiger partial charge on any atom is -0.397 e. The summed E-state index contributed by atoms with van der Waals surface area (Å²) in [7, 11) is 0. The first-order chi connectivity index (χ1) is 9.10. The van der Waals surface area contributed by atoms with Crippen LogP contribution in [0.25, 0.3) is 0 Å². The van der Waals surface area contributed by atoms with E-state index in [1.807, 2.05) is 0 Å². The van der Waals surface area contributed by atoms with Gasteiger partial charge in [0, 0.05) is 13.1 Å². The Balaban J connectivity index is 2.68. The van der Waals surface area contributed by atoms with Crippen LogP contribution in [-0.4, -0.2) is 53.4 Å². The Morgan fingerprint density at radius 2 is 1.89 bits per heavy atom. The molecule has 0 heterocycles. The van der Waals surface area contributed by atoms with Crippen molar-refractivity contribution < 1.29 is 15.0 Å². The second-order valence-corrected chi connectivity index (χ2v) is 4.24. The van der Waals surface area contributed by atoms with Crippen molar-refractivity contribution in [1.82, 2.24) is 4.90 Å². The molecule has 0 spiro atoms. The van der Waals surface area contributed by atoms with Crippen LogP contribution in [0.4, 0.5) is 11.4 Å². The maximum absolute atomic E-state index is 12.1. The molecule has 6 nitrogen and oxygen atoms in total. The van der Waals surface area contributed by atoms with Gasteiger partial charge in [-0.2, -0.15) is 0 Å². The topological polar surface area (TPSA) is 98.8 Å². The van der Waals surface area contributed by atoms with Crippen molar-refractivity contribution in [2.75, 3.05) is 37.4 Å². The number of benzene rings is 1. The fourth-order valence-corrected chi connectivity index (χ4v) is 1.77. The number of carbonyl (C=O) groups is 1. The third kappa shape index (κ3) is 4.51. The minimum atomic E-state index is -0.459. The number of aliphatic hydroxyl groups excluding tert-OH is 2. The maximum Gasteiger partial charge on any atom is 0.241 e. The van der Waals surface area contributed by atoms with Gasteiger partial charge in [0.15, 0.2) is 0 Å². The van der Waals surface area contributed by atoms with E-state index in [1.165, 1.54) is 0 Å². The van der Waals surface area contributed by atoms with E-state index in [9.17, 15) is 4.79 Å². The van der Waals surface area contributed by atoms with Crippen LogP contribution in [0.15, 0.2) is 24.3 Å². The molecule has 0 aliphatic rings. The summed E-state index contributed by atoms with van der Waals surface area (Å²) in [5.41, 5.74) is 6.82. The van der Waals surface area contributed by atoms with Crippen molar-refractivity contribution in [3.8, 4) is 0 Å². The average molecular weight is 267 g/mol. The largest absolute Gasteiger partial charge is 0.397 e. The number of carbonyl (C=O) groups excluding carboxylic acids is 1. The Hall–Kier alpha value is -1.63. The van der Waals surface area contributed by atoms with Crippen molar-refractivity contribution in [2.45, 2.75) is 13.0 Å². The Bertz CT molecular complexity index is 406. The molecule has 1 atom stereocenters. The van der Waals surface area contributed by atoms with Crippen LogP contribution in [0.5, 0.6) is 0 Å². The number of nitrogens with one attached hydrogen (secondary N) is 1. The second-order valence-electron chi connectivity index (χ2n) is 4.24. The lowest BCUT2D eigenvalue weighted by Crippen LogP contribution is -2.44. The second kappa shape index (κ2) is 7.73. The Morgan fingerprint density at radius 3 is 2.42 bits per heavy atom. The van der Waals surface area contributed by atoms with Gasteiger partial charge in [0.2, 0.25) is 5.91 Å².